The first-order chi connectivity index (χ1) is 19.4. The fourth-order valence-corrected chi connectivity index (χ4v) is 3.38. The number of nitrogen functional groups attached to an aromatic ring is 1. The van der Waals surface area contributed by atoms with Crippen LogP contribution in [0.15, 0.2) is 79.1 Å². The number of pyridine rings is 1. The molecule has 0 radical (unpaired) electrons. The van der Waals surface area contributed by atoms with E-state index in [4.69, 9.17) is 20.4 Å². The number of halogens is 4. The van der Waals surface area contributed by atoms with Crippen LogP contribution in [-0.4, -0.2) is 43.3 Å². The quantitative estimate of drug-likeness (QED) is 0.195. The Kier molecular flexibility index (Phi) is 10.1. The maximum Gasteiger partial charge on any atom is 0.490 e. The van der Waals surface area contributed by atoms with Crippen LogP contribution in [0.25, 0.3) is 0 Å². The standard InChI is InChI=1S/C25H22FN5O3.C2HF3O2/c26-18-5-3-17(4-6-18)21(14-24(32)33)22-10-12-29-25(31-22)34-20-7-1-16(2-8-20)15-30-23-13-19(27)9-11-28-23;3-2(4,5)1(6)7/h1-13,21H,14-15H2,(H,32,33)(H3,27,28,30);(H,6,7). The largest absolute Gasteiger partial charge is 0.490 e. The van der Waals surface area contributed by atoms with E-state index in [-0.39, 0.29) is 12.4 Å². The van der Waals surface area contributed by atoms with Crippen molar-refractivity contribution in [3.8, 4) is 11.8 Å². The van der Waals surface area contributed by atoms with Crippen molar-refractivity contribution in [1.29, 1.82) is 0 Å². The Balaban J connectivity index is 0.000000587. The summed E-state index contributed by atoms with van der Waals surface area (Å²) in [7, 11) is 0. The van der Waals surface area contributed by atoms with Gasteiger partial charge in [0.15, 0.2) is 0 Å². The van der Waals surface area contributed by atoms with Gasteiger partial charge in [-0.15, -0.1) is 0 Å². The lowest BCUT2D eigenvalue weighted by Gasteiger charge is -2.15. The molecule has 214 valence electrons. The van der Waals surface area contributed by atoms with Crippen LogP contribution in [0.3, 0.4) is 0 Å². The molecule has 0 aliphatic carbocycles. The topological polar surface area (TPSA) is 161 Å². The minimum atomic E-state index is -5.08. The zero-order chi connectivity index (χ0) is 30.0. The van der Waals surface area contributed by atoms with E-state index in [1.165, 1.54) is 18.3 Å². The summed E-state index contributed by atoms with van der Waals surface area (Å²) in [6.07, 6.45) is -2.14. The molecule has 0 fully saturated rings. The molecule has 2 heterocycles. The van der Waals surface area contributed by atoms with Gasteiger partial charge in [0, 0.05) is 36.6 Å². The molecule has 0 saturated heterocycles. The summed E-state index contributed by atoms with van der Waals surface area (Å²) in [5.41, 5.74) is 8.50. The van der Waals surface area contributed by atoms with Gasteiger partial charge in [0.1, 0.15) is 17.4 Å². The Morgan fingerprint density at radius 2 is 1.59 bits per heavy atom. The van der Waals surface area contributed by atoms with Crippen LogP contribution in [0.2, 0.25) is 0 Å². The van der Waals surface area contributed by atoms with Gasteiger partial charge in [-0.1, -0.05) is 24.3 Å². The molecule has 2 aromatic heterocycles. The lowest BCUT2D eigenvalue weighted by molar-refractivity contribution is -0.192. The highest BCUT2D eigenvalue weighted by Gasteiger charge is 2.38. The summed E-state index contributed by atoms with van der Waals surface area (Å²) < 4.78 is 50.8. The molecule has 0 saturated carbocycles. The van der Waals surface area contributed by atoms with Gasteiger partial charge in [-0.3, -0.25) is 4.79 Å². The van der Waals surface area contributed by atoms with E-state index in [1.54, 1.807) is 48.7 Å². The van der Waals surface area contributed by atoms with Crippen molar-refractivity contribution < 1.29 is 42.1 Å². The summed E-state index contributed by atoms with van der Waals surface area (Å²) in [5.74, 6) is -3.51. The zero-order valence-corrected chi connectivity index (χ0v) is 21.0. The van der Waals surface area contributed by atoms with Gasteiger partial charge in [-0.05, 0) is 47.5 Å². The normalized spacial score (nSPS) is 11.5. The summed E-state index contributed by atoms with van der Waals surface area (Å²) in [6.45, 7) is 0.553. The number of hydrogen-bond acceptors (Lipinski definition) is 8. The van der Waals surface area contributed by atoms with Gasteiger partial charge < -0.3 is 26.0 Å². The summed E-state index contributed by atoms with van der Waals surface area (Å²) in [5, 5.41) is 19.7. The second-order valence-electron chi connectivity index (χ2n) is 8.34. The molecule has 0 amide bonds. The number of carboxylic acids is 2. The molecule has 0 aliphatic heterocycles. The Morgan fingerprint density at radius 3 is 2.17 bits per heavy atom. The van der Waals surface area contributed by atoms with Crippen molar-refractivity contribution in [2.45, 2.75) is 25.1 Å². The minimum absolute atomic E-state index is 0.0878. The number of nitrogens with zero attached hydrogens (tertiary/aromatic N) is 3. The number of anilines is 2. The lowest BCUT2D eigenvalue weighted by atomic mass is 9.92. The molecule has 1 atom stereocenters. The summed E-state index contributed by atoms with van der Waals surface area (Å²) in [6, 6.07) is 18.2. The molecule has 0 aliphatic rings. The van der Waals surface area contributed by atoms with Crippen LogP contribution in [0, 0.1) is 5.82 Å². The fraction of sp³-hybridized carbons (Fsp3) is 0.148. The Labute approximate surface area is 230 Å². The van der Waals surface area contributed by atoms with Gasteiger partial charge in [-0.25, -0.2) is 19.2 Å². The van der Waals surface area contributed by atoms with Crippen LogP contribution in [0.1, 0.15) is 29.2 Å². The van der Waals surface area contributed by atoms with E-state index in [2.05, 4.69) is 20.3 Å². The van der Waals surface area contributed by atoms with Crippen molar-refractivity contribution in [3.63, 3.8) is 0 Å². The molecular formula is C27H23F4N5O5. The molecule has 2 aromatic carbocycles. The van der Waals surface area contributed by atoms with Gasteiger partial charge in [-0.2, -0.15) is 18.2 Å². The van der Waals surface area contributed by atoms with E-state index < -0.39 is 29.9 Å². The number of nitrogens with one attached hydrogen (secondary N) is 1. The first-order valence-corrected chi connectivity index (χ1v) is 11.7. The molecule has 41 heavy (non-hydrogen) atoms. The van der Waals surface area contributed by atoms with Crippen molar-refractivity contribution in [2.24, 2.45) is 0 Å². The molecule has 14 heteroatoms. The van der Waals surface area contributed by atoms with Crippen molar-refractivity contribution >= 4 is 23.4 Å². The van der Waals surface area contributed by atoms with Crippen molar-refractivity contribution in [2.75, 3.05) is 11.1 Å². The molecule has 4 aromatic rings. The zero-order valence-electron chi connectivity index (χ0n) is 21.0. The third kappa shape index (κ3) is 9.76. The first-order valence-electron chi connectivity index (χ1n) is 11.7. The number of carbonyl (C=O) groups is 2. The molecular weight excluding hydrogens is 550 g/mol. The molecule has 5 N–H and O–H groups in total. The second-order valence-corrected chi connectivity index (χ2v) is 8.34. The van der Waals surface area contributed by atoms with E-state index in [1.807, 2.05) is 12.1 Å². The number of rotatable bonds is 9. The highest BCUT2D eigenvalue weighted by molar-refractivity contribution is 5.73. The highest BCUT2D eigenvalue weighted by Crippen LogP contribution is 2.28. The van der Waals surface area contributed by atoms with Crippen LogP contribution < -0.4 is 15.8 Å². The number of ether oxygens (including phenoxy) is 1. The van der Waals surface area contributed by atoms with Gasteiger partial charge in [0.2, 0.25) is 0 Å². The number of carboxylic acid groups (broad SMARTS) is 2. The molecule has 4 rings (SSSR count). The molecule has 1 unspecified atom stereocenters. The number of alkyl halides is 3. The SMILES string of the molecule is Nc1ccnc(NCc2ccc(Oc3nccc(C(CC(=O)O)c4ccc(F)cc4)n3)cc2)c1.O=C(O)C(F)(F)F. The summed E-state index contributed by atoms with van der Waals surface area (Å²) in [4.78, 5) is 33.1. The maximum absolute atomic E-state index is 13.3. The average Bonchev–Trinajstić information content (AvgIpc) is 2.92. The van der Waals surface area contributed by atoms with E-state index in [0.29, 0.717) is 35.1 Å². The lowest BCUT2D eigenvalue weighted by Crippen LogP contribution is -2.21. The van der Waals surface area contributed by atoms with Crippen LogP contribution in [0.5, 0.6) is 11.8 Å². The van der Waals surface area contributed by atoms with E-state index >= 15 is 0 Å². The summed E-state index contributed by atoms with van der Waals surface area (Å²) >= 11 is 0. The monoisotopic (exact) mass is 573 g/mol. The Hall–Kier alpha value is -5.27. The predicted octanol–water partition coefficient (Wildman–Crippen LogP) is 5.24. The third-order valence-corrected chi connectivity index (χ3v) is 5.30. The van der Waals surface area contributed by atoms with E-state index in [0.717, 1.165) is 5.56 Å². The predicted molar refractivity (Wildman–Crippen MR) is 139 cm³/mol. The highest BCUT2D eigenvalue weighted by atomic mass is 19.4. The molecule has 0 spiro atoms. The maximum atomic E-state index is 13.3. The van der Waals surface area contributed by atoms with Gasteiger partial charge in [0.25, 0.3) is 0 Å². The number of nitrogens with two attached hydrogens (primary N) is 1. The van der Waals surface area contributed by atoms with Crippen LogP contribution in [-0.2, 0) is 16.1 Å². The van der Waals surface area contributed by atoms with Crippen molar-refractivity contribution in [1.82, 2.24) is 15.0 Å². The van der Waals surface area contributed by atoms with Gasteiger partial charge >= 0.3 is 24.1 Å². The molecule has 10 nitrogen and oxygen atoms in total. The van der Waals surface area contributed by atoms with Gasteiger partial charge in [0.05, 0.1) is 12.1 Å². The van der Waals surface area contributed by atoms with Crippen LogP contribution in [0.4, 0.5) is 29.1 Å². The fourth-order valence-electron chi connectivity index (χ4n) is 3.38. The molecule has 0 bridgehead atoms. The third-order valence-electron chi connectivity index (χ3n) is 5.30. The number of benzene rings is 2. The van der Waals surface area contributed by atoms with Crippen LogP contribution >= 0.6 is 0 Å². The second kappa shape index (κ2) is 13.7. The number of hydrogen-bond donors (Lipinski definition) is 4. The minimum Gasteiger partial charge on any atom is -0.481 e. The van der Waals surface area contributed by atoms with E-state index in [9.17, 15) is 27.5 Å². The first kappa shape index (κ1) is 30.3. The Bertz CT molecular complexity index is 1470. The Morgan fingerprint density at radius 1 is 0.951 bits per heavy atom. The average molecular weight is 574 g/mol. The number of aromatic nitrogens is 3. The smallest absolute Gasteiger partial charge is 0.481 e. The number of aliphatic carboxylic acids is 2. The van der Waals surface area contributed by atoms with Crippen molar-refractivity contribution in [3.05, 3.63) is 102 Å².